The van der Waals surface area contributed by atoms with Crippen LogP contribution in [0.25, 0.3) is 10.9 Å². The Morgan fingerprint density at radius 1 is 1.37 bits per heavy atom. The number of likely N-dealkylation sites (tertiary alicyclic amines) is 1. The van der Waals surface area contributed by atoms with Gasteiger partial charge in [-0.25, -0.2) is 0 Å². The van der Waals surface area contributed by atoms with Crippen molar-refractivity contribution in [3.63, 3.8) is 0 Å². The zero-order chi connectivity index (χ0) is 19.6. The second kappa shape index (κ2) is 8.13. The van der Waals surface area contributed by atoms with Crippen LogP contribution in [0.15, 0.2) is 18.2 Å². The summed E-state index contributed by atoms with van der Waals surface area (Å²) >= 11 is 0. The molecule has 2 heterocycles. The van der Waals surface area contributed by atoms with E-state index in [1.807, 2.05) is 25.1 Å². The van der Waals surface area contributed by atoms with Crippen molar-refractivity contribution < 1.29 is 9.59 Å². The Morgan fingerprint density at radius 2 is 2.15 bits per heavy atom. The predicted octanol–water partition coefficient (Wildman–Crippen LogP) is 2.07. The van der Waals surface area contributed by atoms with E-state index in [0.29, 0.717) is 26.1 Å². The summed E-state index contributed by atoms with van der Waals surface area (Å²) in [4.78, 5) is 31.9. The van der Waals surface area contributed by atoms with Crippen LogP contribution >= 0.6 is 0 Å². The third-order valence-corrected chi connectivity index (χ3v) is 5.45. The van der Waals surface area contributed by atoms with E-state index < -0.39 is 0 Å². The summed E-state index contributed by atoms with van der Waals surface area (Å²) in [6, 6.07) is 6.26. The number of hydrogen-bond acceptors (Lipinski definition) is 3. The Balaban J connectivity index is 1.58. The van der Waals surface area contributed by atoms with Gasteiger partial charge in [0.15, 0.2) is 0 Å². The average Bonchev–Trinajstić information content (AvgIpc) is 3.17. The first-order valence-corrected chi connectivity index (χ1v) is 9.69. The number of H-pyrrole nitrogens is 1. The van der Waals surface area contributed by atoms with Gasteiger partial charge in [-0.1, -0.05) is 13.0 Å². The van der Waals surface area contributed by atoms with Gasteiger partial charge in [0.05, 0.1) is 5.92 Å². The Hall–Kier alpha value is -2.34. The maximum absolute atomic E-state index is 12.5. The van der Waals surface area contributed by atoms with E-state index in [-0.39, 0.29) is 17.7 Å². The Morgan fingerprint density at radius 3 is 2.85 bits per heavy atom. The van der Waals surface area contributed by atoms with Crippen LogP contribution in [0.5, 0.6) is 0 Å². The van der Waals surface area contributed by atoms with Gasteiger partial charge in [0, 0.05) is 49.2 Å². The quantitative estimate of drug-likeness (QED) is 0.784. The monoisotopic (exact) mass is 370 g/mol. The number of aromatic nitrogens is 1. The lowest BCUT2D eigenvalue weighted by molar-refractivity contribution is -0.129. The summed E-state index contributed by atoms with van der Waals surface area (Å²) in [6.07, 6.45) is 1.29. The molecular weight excluding hydrogens is 340 g/mol. The van der Waals surface area contributed by atoms with Crippen LogP contribution < -0.4 is 5.32 Å². The number of carbonyl (C=O) groups excluding carboxylic acids is 2. The third-order valence-electron chi connectivity index (χ3n) is 5.45. The molecule has 1 saturated heterocycles. The lowest BCUT2D eigenvalue weighted by Gasteiger charge is -2.19. The first kappa shape index (κ1) is 19.4. The van der Waals surface area contributed by atoms with Crippen LogP contribution in [0.4, 0.5) is 0 Å². The smallest absolute Gasteiger partial charge is 0.225 e. The highest BCUT2D eigenvalue weighted by atomic mass is 16.2. The molecule has 6 heteroatoms. The van der Waals surface area contributed by atoms with E-state index >= 15 is 0 Å². The number of aromatic amines is 1. The number of hydrogen-bond donors (Lipinski definition) is 2. The second-order valence-corrected chi connectivity index (χ2v) is 7.72. The molecule has 2 N–H and O–H groups in total. The minimum absolute atomic E-state index is 0.0316. The largest absolute Gasteiger partial charge is 0.358 e. The highest BCUT2D eigenvalue weighted by Crippen LogP contribution is 2.23. The van der Waals surface area contributed by atoms with Crippen LogP contribution in [0.1, 0.15) is 30.2 Å². The van der Waals surface area contributed by atoms with Crippen molar-refractivity contribution in [3.8, 4) is 0 Å². The van der Waals surface area contributed by atoms with Gasteiger partial charge in [-0.05, 0) is 50.7 Å². The lowest BCUT2D eigenvalue weighted by atomic mass is 10.1. The number of fused-ring (bicyclic) bond motifs is 1. The molecule has 0 spiro atoms. The van der Waals surface area contributed by atoms with E-state index in [1.165, 1.54) is 16.6 Å². The predicted molar refractivity (Wildman–Crippen MR) is 108 cm³/mol. The van der Waals surface area contributed by atoms with Gasteiger partial charge in [-0.15, -0.1) is 0 Å². The Kier molecular flexibility index (Phi) is 5.85. The van der Waals surface area contributed by atoms with Crippen molar-refractivity contribution in [2.75, 3.05) is 33.7 Å². The molecule has 1 atom stereocenters. The van der Waals surface area contributed by atoms with Gasteiger partial charge < -0.3 is 20.1 Å². The van der Waals surface area contributed by atoms with Gasteiger partial charge in [0.25, 0.3) is 0 Å². The minimum Gasteiger partial charge on any atom is -0.358 e. The van der Waals surface area contributed by atoms with E-state index in [2.05, 4.69) is 36.3 Å². The maximum atomic E-state index is 12.5. The van der Waals surface area contributed by atoms with Gasteiger partial charge in [-0.3, -0.25) is 9.59 Å². The number of likely N-dealkylation sites (N-methyl/N-ethyl adjacent to an activating group) is 1. The molecular formula is C21H30N4O2. The van der Waals surface area contributed by atoms with Crippen molar-refractivity contribution in [1.29, 1.82) is 0 Å². The van der Waals surface area contributed by atoms with E-state index in [0.717, 1.165) is 24.0 Å². The lowest BCUT2D eigenvalue weighted by Crippen LogP contribution is -2.35. The Bertz CT molecular complexity index is 840. The molecule has 3 rings (SSSR count). The average molecular weight is 370 g/mol. The van der Waals surface area contributed by atoms with Gasteiger partial charge in [-0.2, -0.15) is 0 Å². The summed E-state index contributed by atoms with van der Waals surface area (Å²) in [6.45, 7) is 6.78. The van der Waals surface area contributed by atoms with Crippen LogP contribution in [0.3, 0.4) is 0 Å². The van der Waals surface area contributed by atoms with Crippen molar-refractivity contribution in [2.45, 2.75) is 33.2 Å². The topological polar surface area (TPSA) is 68.4 Å². The molecule has 0 radical (unpaired) electrons. The van der Waals surface area contributed by atoms with Crippen molar-refractivity contribution in [1.82, 2.24) is 20.1 Å². The highest BCUT2D eigenvalue weighted by Gasteiger charge is 2.33. The molecule has 27 heavy (non-hydrogen) atoms. The molecule has 0 saturated carbocycles. The van der Waals surface area contributed by atoms with Gasteiger partial charge in [0.2, 0.25) is 11.8 Å². The number of carbonyl (C=O) groups is 2. The molecule has 146 valence electrons. The van der Waals surface area contributed by atoms with Crippen molar-refractivity contribution in [2.24, 2.45) is 5.92 Å². The standard InChI is InChI=1S/C21H30N4O2/c1-5-18-14(2)17-10-15(6-7-19(17)23-18)12-22-21(27)16-11-20(26)25(13-16)9-8-24(3)4/h6-7,10,16,23H,5,8-9,11-13H2,1-4H3,(H,22,27)/t16-/m1/s1. The van der Waals surface area contributed by atoms with Crippen LogP contribution in [0.2, 0.25) is 0 Å². The van der Waals surface area contributed by atoms with Crippen LogP contribution in [-0.2, 0) is 22.6 Å². The fourth-order valence-electron chi connectivity index (χ4n) is 3.71. The summed E-state index contributed by atoms with van der Waals surface area (Å²) in [5.74, 6) is -0.201. The molecule has 1 fully saturated rings. The molecule has 1 aromatic heterocycles. The number of aryl methyl sites for hydroxylation is 2. The molecule has 1 aliphatic heterocycles. The summed E-state index contributed by atoms with van der Waals surface area (Å²) in [7, 11) is 3.97. The number of amides is 2. The first-order chi connectivity index (χ1) is 12.9. The zero-order valence-electron chi connectivity index (χ0n) is 16.8. The molecule has 6 nitrogen and oxygen atoms in total. The third kappa shape index (κ3) is 4.33. The van der Waals surface area contributed by atoms with Crippen molar-refractivity contribution >= 4 is 22.7 Å². The normalized spacial score (nSPS) is 17.3. The zero-order valence-corrected chi connectivity index (χ0v) is 16.8. The number of nitrogens with zero attached hydrogens (tertiary/aromatic N) is 2. The first-order valence-electron chi connectivity index (χ1n) is 9.69. The Labute approximate surface area is 160 Å². The highest BCUT2D eigenvalue weighted by molar-refractivity contribution is 5.89. The fraction of sp³-hybridized carbons (Fsp3) is 0.524. The molecule has 0 aliphatic carbocycles. The number of nitrogens with one attached hydrogen (secondary N) is 2. The molecule has 0 bridgehead atoms. The van der Waals surface area contributed by atoms with Crippen molar-refractivity contribution in [3.05, 3.63) is 35.0 Å². The maximum Gasteiger partial charge on any atom is 0.225 e. The fourth-order valence-corrected chi connectivity index (χ4v) is 3.71. The molecule has 1 aromatic carbocycles. The molecule has 1 aliphatic rings. The van der Waals surface area contributed by atoms with Crippen LogP contribution in [-0.4, -0.2) is 60.3 Å². The van der Waals surface area contributed by atoms with E-state index in [4.69, 9.17) is 0 Å². The van der Waals surface area contributed by atoms with E-state index in [1.54, 1.807) is 4.90 Å². The number of rotatable bonds is 7. The van der Waals surface area contributed by atoms with E-state index in [9.17, 15) is 9.59 Å². The van der Waals surface area contributed by atoms with Crippen LogP contribution in [0, 0.1) is 12.8 Å². The summed E-state index contributed by atoms with van der Waals surface area (Å²) in [5.41, 5.74) is 4.75. The van der Waals surface area contributed by atoms with Gasteiger partial charge in [0.1, 0.15) is 0 Å². The number of benzene rings is 1. The minimum atomic E-state index is -0.246. The van der Waals surface area contributed by atoms with Gasteiger partial charge >= 0.3 is 0 Å². The molecule has 2 aromatic rings. The SMILES string of the molecule is CCc1[nH]c2ccc(CNC(=O)[C@@H]3CC(=O)N(CCN(C)C)C3)cc2c1C. The summed E-state index contributed by atoms with van der Waals surface area (Å²) in [5, 5.41) is 4.23. The summed E-state index contributed by atoms with van der Waals surface area (Å²) < 4.78 is 0. The molecule has 0 unspecified atom stereocenters. The molecule has 2 amide bonds. The second-order valence-electron chi connectivity index (χ2n) is 7.72.